The van der Waals surface area contributed by atoms with Crippen molar-refractivity contribution >= 4 is 57.6 Å². The summed E-state index contributed by atoms with van der Waals surface area (Å²) in [4.78, 5) is 58.4. The Morgan fingerprint density at radius 3 is 0.879 bits per heavy atom. The first-order chi connectivity index (χ1) is 64.2. The number of anilines is 5. The van der Waals surface area contributed by atoms with Crippen LogP contribution in [0.15, 0.2) is 220 Å². The standard InChI is InChI=1S/C23H27N3O.C21H22N6O.2C21H25N3O2.C20H23N3O2/c1-15(2)27-20-9-6-17-14-25-23(21(17)13-20)16-10-11-24-22(12-16)26-18-4-3-5-19(26)8-7-18;1-14(2)28-18-4-3-16-9-23-21(19(16)8-18)15-5-6-22-20(7-15)26-10-17(11-26)27-12-24-25-13-27;2*1-14(2)26-17-5-4-16-12-23-21(19(16)11-17)15-6-8-22-20(10-15)24-9-7-18(13-24)25-3;1-13(2)25-17-4-3-15-11-22-20(18(15)10-17)14-5-7-21-19(9-14)23-8-6-16(24)12-23/h6,9-13,15,18-19H,3-5,7-8,14H2,1-2H3;3-8,12-14,17H,9-11H2,1-2H3;2*4-6,8,10-11,14,18H,7,9,12-13H2,1-3H3;3-5,7,9-10,13,16,24H,6,8,11-12H2,1-2H3/t;;2*18-;16-/m..100/s1. The van der Waals surface area contributed by atoms with Gasteiger partial charge in [-0.3, -0.25) is 25.0 Å². The minimum absolute atomic E-state index is 0.147. The molecule has 11 aliphatic rings. The number of aliphatic imine (C=N–C) groups is 5. The monoisotopic (exact) mass is 1770 g/mol. The van der Waals surface area contributed by atoms with E-state index in [1.807, 2.05) is 139 Å². The van der Waals surface area contributed by atoms with E-state index in [1.165, 1.54) is 71.0 Å². The molecule has 0 aliphatic carbocycles. The van der Waals surface area contributed by atoms with E-state index in [4.69, 9.17) is 63.1 Å². The summed E-state index contributed by atoms with van der Waals surface area (Å²) in [5.74, 6) is 9.47. The summed E-state index contributed by atoms with van der Waals surface area (Å²) in [6.07, 6.45) is 23.5. The Bertz CT molecular complexity index is 5930. The summed E-state index contributed by atoms with van der Waals surface area (Å²) >= 11 is 0. The van der Waals surface area contributed by atoms with Crippen molar-refractivity contribution in [3.05, 3.63) is 279 Å². The van der Waals surface area contributed by atoms with Gasteiger partial charge in [0.2, 0.25) is 0 Å². The van der Waals surface area contributed by atoms with Gasteiger partial charge in [-0.25, -0.2) is 24.9 Å². The van der Waals surface area contributed by atoms with E-state index >= 15 is 0 Å². The molecular formula is C106H122N18O8. The van der Waals surface area contributed by atoms with Crippen LogP contribution in [0.5, 0.6) is 28.7 Å². The second kappa shape index (κ2) is 40.5. The second-order valence-corrected chi connectivity index (χ2v) is 37.0. The fourth-order valence-corrected chi connectivity index (χ4v) is 19.4. The Morgan fingerprint density at radius 2 is 0.591 bits per heavy atom. The van der Waals surface area contributed by atoms with Crippen LogP contribution in [-0.4, -0.2) is 201 Å². The first-order valence-corrected chi connectivity index (χ1v) is 47.1. The second-order valence-electron chi connectivity index (χ2n) is 37.0. The zero-order valence-electron chi connectivity index (χ0n) is 78.0. The molecule has 11 aliphatic heterocycles. The third-order valence-corrected chi connectivity index (χ3v) is 25.8. The third kappa shape index (κ3) is 20.8. The molecule has 132 heavy (non-hydrogen) atoms. The van der Waals surface area contributed by atoms with Gasteiger partial charge in [-0.15, -0.1) is 10.2 Å². The minimum Gasteiger partial charge on any atom is -0.491 e. The number of piperidine rings is 1. The van der Waals surface area contributed by atoms with Crippen LogP contribution in [-0.2, 0) is 42.2 Å². The maximum absolute atomic E-state index is 9.77. The molecule has 26 heteroatoms. The van der Waals surface area contributed by atoms with Crippen molar-refractivity contribution in [1.29, 1.82) is 0 Å². The maximum Gasteiger partial charge on any atom is 0.129 e. The van der Waals surface area contributed by atoms with Gasteiger partial charge in [0.15, 0.2) is 0 Å². The fraction of sp³-hybridized carbons (Fsp3) is 0.415. The molecule has 0 spiro atoms. The van der Waals surface area contributed by atoms with E-state index in [9.17, 15) is 5.11 Å². The van der Waals surface area contributed by atoms with Crippen LogP contribution >= 0.6 is 0 Å². The van der Waals surface area contributed by atoms with Crippen molar-refractivity contribution in [2.75, 3.05) is 91.1 Å². The number of pyridine rings is 5. The molecule has 5 aromatic carbocycles. The third-order valence-electron chi connectivity index (χ3n) is 25.8. The molecule has 6 fully saturated rings. The van der Waals surface area contributed by atoms with Gasteiger partial charge in [-0.05, 0) is 270 Å². The van der Waals surface area contributed by atoms with Crippen LogP contribution in [0.3, 0.4) is 0 Å². The molecule has 6 saturated heterocycles. The quantitative estimate of drug-likeness (QED) is 0.0624. The number of rotatable bonds is 23. The molecule has 0 radical (unpaired) electrons. The molecular weight excluding hydrogens is 1650 g/mol. The summed E-state index contributed by atoms with van der Waals surface area (Å²) in [5, 5.41) is 17.5. The molecule has 6 aromatic heterocycles. The molecule has 0 saturated carbocycles. The van der Waals surface area contributed by atoms with E-state index in [-0.39, 0.29) is 36.6 Å². The molecule has 11 aromatic rings. The van der Waals surface area contributed by atoms with Gasteiger partial charge in [-0.1, -0.05) is 30.3 Å². The molecule has 0 amide bonds. The highest BCUT2D eigenvalue weighted by Crippen LogP contribution is 2.41. The number of aliphatic hydroxyl groups excluding tert-OH is 1. The Kier molecular flexibility index (Phi) is 27.6. The number of aliphatic hydroxyl groups is 1. The van der Waals surface area contributed by atoms with Crippen molar-refractivity contribution < 1.29 is 38.3 Å². The minimum atomic E-state index is -0.259. The van der Waals surface area contributed by atoms with Gasteiger partial charge in [0.05, 0.1) is 116 Å². The lowest BCUT2D eigenvalue weighted by atomic mass is 9.99. The number of fused-ring (bicyclic) bond motifs is 7. The highest BCUT2D eigenvalue weighted by Gasteiger charge is 2.39. The lowest BCUT2D eigenvalue weighted by molar-refractivity contribution is 0.121. The number of benzene rings is 5. The maximum atomic E-state index is 9.77. The van der Waals surface area contributed by atoms with E-state index in [1.54, 1.807) is 26.9 Å². The molecule has 26 nitrogen and oxygen atoms in total. The average Bonchev–Trinajstić information content (AvgIpc) is 1.62. The van der Waals surface area contributed by atoms with Crippen molar-refractivity contribution in [3.63, 3.8) is 0 Å². The molecule has 2 unspecified atom stereocenters. The summed E-state index contributed by atoms with van der Waals surface area (Å²) in [6, 6.07) is 54.0. The number of methoxy groups -OCH3 is 2. The number of ether oxygens (including phenoxy) is 7. The lowest BCUT2D eigenvalue weighted by Crippen LogP contribution is -2.48. The highest BCUT2D eigenvalue weighted by atomic mass is 16.5. The van der Waals surface area contributed by atoms with Gasteiger partial charge in [0, 0.05) is 165 Å². The largest absolute Gasteiger partial charge is 0.491 e. The summed E-state index contributed by atoms with van der Waals surface area (Å²) in [5.41, 5.74) is 22.7. The molecule has 22 rings (SSSR count). The van der Waals surface area contributed by atoms with Crippen LogP contribution in [0.25, 0.3) is 0 Å². The summed E-state index contributed by atoms with van der Waals surface area (Å²) in [7, 11) is 3.55. The van der Waals surface area contributed by atoms with E-state index < -0.39 is 0 Å². The Hall–Kier alpha value is -12.8. The van der Waals surface area contributed by atoms with Gasteiger partial charge >= 0.3 is 0 Å². The Labute approximate surface area is 775 Å². The Balaban J connectivity index is 0.000000111. The number of aromatic nitrogens is 8. The van der Waals surface area contributed by atoms with Crippen molar-refractivity contribution in [1.82, 2.24) is 39.7 Å². The predicted molar refractivity (Wildman–Crippen MR) is 521 cm³/mol. The topological polar surface area (TPSA) is 258 Å². The Morgan fingerprint density at radius 1 is 0.303 bits per heavy atom. The number of β-amino-alcohol motifs (C(OH)–C–C–N with tert-alkyl or cyclic N) is 1. The lowest BCUT2D eigenvalue weighted by Gasteiger charge is -2.40. The van der Waals surface area contributed by atoms with Gasteiger partial charge in [0.1, 0.15) is 70.5 Å². The summed E-state index contributed by atoms with van der Waals surface area (Å²) < 4.78 is 42.3. The van der Waals surface area contributed by atoms with Gasteiger partial charge in [-0.2, -0.15) is 0 Å². The van der Waals surface area contributed by atoms with Crippen LogP contribution in [0.2, 0.25) is 0 Å². The zero-order chi connectivity index (χ0) is 91.0. The van der Waals surface area contributed by atoms with Gasteiger partial charge < -0.3 is 67.3 Å². The zero-order valence-corrected chi connectivity index (χ0v) is 78.0. The molecule has 2 bridgehead atoms. The summed E-state index contributed by atoms with van der Waals surface area (Å²) in [6.45, 7) is 31.1. The van der Waals surface area contributed by atoms with E-state index in [0.29, 0.717) is 50.0 Å². The SMILES string of the molecule is CC(C)Oc1ccc2c(c1)C(c1ccnc(N3C4CCCC3CC4)c1)=NC2.CC(C)Oc1ccc2c(c1)C(c1ccnc(N3CC(n4cnnc4)C3)c1)=NC2.CC(C)Oc1ccc2c(c1)C(c1ccnc(N3CC[C@H](O)C3)c1)=NC2.CO[C@@H]1CCN(c2cc(C3=NCc4ccc(OC(C)C)cc43)ccn2)C1.CO[C@H]1CCN(c2cc(C3=NCc4ccc(OC(C)C)cc43)ccn2)C1. The van der Waals surface area contributed by atoms with Crippen LogP contribution in [0.4, 0.5) is 29.1 Å². The van der Waals surface area contributed by atoms with Crippen LogP contribution < -0.4 is 48.2 Å². The highest BCUT2D eigenvalue weighted by molar-refractivity contribution is 6.18. The molecule has 5 atom stereocenters. The molecule has 1 N–H and O–H groups in total. The van der Waals surface area contributed by atoms with Gasteiger partial charge in [0.25, 0.3) is 0 Å². The normalized spacial score (nSPS) is 19.4. The smallest absolute Gasteiger partial charge is 0.129 e. The van der Waals surface area contributed by atoms with Crippen molar-refractivity contribution in [2.24, 2.45) is 25.0 Å². The predicted octanol–water partition coefficient (Wildman–Crippen LogP) is 17.3. The first kappa shape index (κ1) is 89.8. The molecule has 684 valence electrons. The number of nitrogens with zero attached hydrogens (tertiary/aromatic N) is 18. The number of hydrogen-bond donors (Lipinski definition) is 1. The van der Waals surface area contributed by atoms with Crippen molar-refractivity contribution in [3.8, 4) is 28.7 Å². The first-order valence-electron chi connectivity index (χ1n) is 47.1. The van der Waals surface area contributed by atoms with Crippen LogP contribution in [0, 0.1) is 0 Å². The van der Waals surface area contributed by atoms with E-state index in [2.05, 4.69) is 172 Å². The number of hydrogen-bond acceptors (Lipinski definition) is 25. The molecule has 17 heterocycles. The van der Waals surface area contributed by atoms with Crippen molar-refractivity contribution in [2.45, 2.75) is 220 Å². The van der Waals surface area contributed by atoms with E-state index in [0.717, 1.165) is 216 Å². The van der Waals surface area contributed by atoms with Crippen LogP contribution in [0.1, 0.15) is 210 Å². The fourth-order valence-electron chi connectivity index (χ4n) is 19.4. The average molecular weight is 1780 g/mol.